The van der Waals surface area contributed by atoms with Crippen molar-refractivity contribution in [2.45, 2.75) is 19.6 Å². The Labute approximate surface area is 118 Å². The Morgan fingerprint density at radius 1 is 1.33 bits per heavy atom. The van der Waals surface area contributed by atoms with Gasteiger partial charge in [-0.15, -0.1) is 0 Å². The van der Waals surface area contributed by atoms with E-state index in [0.29, 0.717) is 16.5 Å². The van der Waals surface area contributed by atoms with Gasteiger partial charge < -0.3 is 9.52 Å². The maximum atomic E-state index is 12.4. The number of halogens is 3. The lowest BCUT2D eigenvalue weighted by molar-refractivity contribution is -0.146. The van der Waals surface area contributed by atoms with Gasteiger partial charge in [-0.25, -0.2) is 4.79 Å². The van der Waals surface area contributed by atoms with E-state index < -0.39 is 18.7 Å². The molecule has 0 amide bonds. The predicted octanol–water partition coefficient (Wildman–Crippen LogP) is 3.52. The van der Waals surface area contributed by atoms with Crippen LogP contribution in [0.25, 0.3) is 11.0 Å². The first-order valence-electron chi connectivity index (χ1n) is 6.33. The van der Waals surface area contributed by atoms with Gasteiger partial charge >= 0.3 is 12.1 Å². The minimum absolute atomic E-state index is 0.138. The van der Waals surface area contributed by atoms with Gasteiger partial charge in [0.25, 0.3) is 0 Å². The summed E-state index contributed by atoms with van der Waals surface area (Å²) in [4.78, 5) is 12.1. The van der Waals surface area contributed by atoms with Gasteiger partial charge in [-0.3, -0.25) is 4.90 Å². The molecule has 0 fully saturated rings. The van der Waals surface area contributed by atoms with Gasteiger partial charge in [0.2, 0.25) is 5.76 Å². The largest absolute Gasteiger partial charge is 0.475 e. The molecule has 0 aliphatic carbocycles. The summed E-state index contributed by atoms with van der Waals surface area (Å²) in [5, 5.41) is 9.40. The lowest BCUT2D eigenvalue weighted by Gasteiger charge is -2.21. The number of rotatable bonds is 5. The molecular weight excluding hydrogens is 287 g/mol. The van der Waals surface area contributed by atoms with E-state index in [1.54, 1.807) is 25.1 Å². The van der Waals surface area contributed by atoms with Crippen LogP contribution < -0.4 is 0 Å². The highest BCUT2D eigenvalue weighted by Crippen LogP contribution is 2.23. The monoisotopic (exact) mass is 301 g/mol. The lowest BCUT2D eigenvalue weighted by Crippen LogP contribution is -2.33. The van der Waals surface area contributed by atoms with Crippen molar-refractivity contribution in [1.29, 1.82) is 0 Å². The standard InChI is InChI=1S/C14H14F3NO3/c1-2-18(8-14(15,16)17)7-9-3-4-11-10(5-9)6-12(21-11)13(19)20/h3-6H,2,7-8H2,1H3,(H,19,20). The van der Waals surface area contributed by atoms with Crippen LogP contribution in [0.15, 0.2) is 28.7 Å². The highest BCUT2D eigenvalue weighted by Gasteiger charge is 2.30. The molecule has 2 rings (SSSR count). The molecule has 2 aromatic rings. The molecule has 21 heavy (non-hydrogen) atoms. The van der Waals surface area contributed by atoms with Crippen LogP contribution in [0.5, 0.6) is 0 Å². The number of carboxylic acids is 1. The minimum atomic E-state index is -4.24. The van der Waals surface area contributed by atoms with Crippen LogP contribution in [-0.4, -0.2) is 35.2 Å². The summed E-state index contributed by atoms with van der Waals surface area (Å²) < 4.78 is 42.4. The summed E-state index contributed by atoms with van der Waals surface area (Å²) >= 11 is 0. The van der Waals surface area contributed by atoms with Crippen molar-refractivity contribution in [1.82, 2.24) is 4.90 Å². The topological polar surface area (TPSA) is 53.7 Å². The van der Waals surface area contributed by atoms with Gasteiger partial charge in [-0.2, -0.15) is 13.2 Å². The summed E-state index contributed by atoms with van der Waals surface area (Å²) in [7, 11) is 0. The summed E-state index contributed by atoms with van der Waals surface area (Å²) in [6.45, 7) is 1.08. The quantitative estimate of drug-likeness (QED) is 0.918. The van der Waals surface area contributed by atoms with Crippen LogP contribution in [0.1, 0.15) is 23.0 Å². The molecule has 4 nitrogen and oxygen atoms in total. The molecule has 0 aliphatic rings. The molecular formula is C14H14F3NO3. The fourth-order valence-corrected chi connectivity index (χ4v) is 2.09. The van der Waals surface area contributed by atoms with E-state index in [0.717, 1.165) is 0 Å². The highest BCUT2D eigenvalue weighted by atomic mass is 19.4. The van der Waals surface area contributed by atoms with Crippen LogP contribution >= 0.6 is 0 Å². The van der Waals surface area contributed by atoms with E-state index in [-0.39, 0.29) is 18.8 Å². The molecule has 0 unspecified atom stereocenters. The number of carboxylic acid groups (broad SMARTS) is 1. The van der Waals surface area contributed by atoms with Crippen molar-refractivity contribution in [3.8, 4) is 0 Å². The van der Waals surface area contributed by atoms with Crippen molar-refractivity contribution < 1.29 is 27.5 Å². The fourth-order valence-electron chi connectivity index (χ4n) is 2.09. The summed E-state index contributed by atoms with van der Waals surface area (Å²) in [5.74, 6) is -1.37. The van der Waals surface area contributed by atoms with Crippen LogP contribution in [0.2, 0.25) is 0 Å². The number of carbonyl (C=O) groups is 1. The Kier molecular flexibility index (Phi) is 4.22. The fraction of sp³-hybridized carbons (Fsp3) is 0.357. The lowest BCUT2D eigenvalue weighted by atomic mass is 10.1. The maximum absolute atomic E-state index is 12.4. The van der Waals surface area contributed by atoms with Crippen LogP contribution in [-0.2, 0) is 6.54 Å². The van der Waals surface area contributed by atoms with Gasteiger partial charge in [0.1, 0.15) is 5.58 Å². The van der Waals surface area contributed by atoms with Crippen molar-refractivity contribution >= 4 is 16.9 Å². The molecule has 7 heteroatoms. The number of hydrogen-bond donors (Lipinski definition) is 1. The maximum Gasteiger partial charge on any atom is 0.401 e. The Morgan fingerprint density at radius 2 is 2.05 bits per heavy atom. The minimum Gasteiger partial charge on any atom is -0.475 e. The summed E-state index contributed by atoms with van der Waals surface area (Å²) in [5.41, 5.74) is 1.07. The van der Waals surface area contributed by atoms with Crippen molar-refractivity contribution in [3.63, 3.8) is 0 Å². The van der Waals surface area contributed by atoms with Gasteiger partial charge in [-0.05, 0) is 30.3 Å². The Bertz CT molecular complexity index is 648. The Morgan fingerprint density at radius 3 is 2.62 bits per heavy atom. The molecule has 0 bridgehead atoms. The van der Waals surface area contributed by atoms with Crippen LogP contribution in [0.4, 0.5) is 13.2 Å². The Balaban J connectivity index is 2.20. The average Bonchev–Trinajstić information content (AvgIpc) is 2.79. The first-order chi connectivity index (χ1) is 9.78. The molecule has 0 saturated heterocycles. The molecule has 1 aromatic carbocycles. The van der Waals surface area contributed by atoms with Gasteiger partial charge in [0.15, 0.2) is 0 Å². The van der Waals surface area contributed by atoms with E-state index in [4.69, 9.17) is 9.52 Å². The summed E-state index contributed by atoms with van der Waals surface area (Å²) in [6.07, 6.45) is -4.24. The number of benzene rings is 1. The predicted molar refractivity (Wildman–Crippen MR) is 70.2 cm³/mol. The number of furan rings is 1. The molecule has 0 saturated carbocycles. The van der Waals surface area contributed by atoms with Crippen LogP contribution in [0, 0.1) is 0 Å². The first-order valence-corrected chi connectivity index (χ1v) is 6.33. The first kappa shape index (κ1) is 15.4. The zero-order valence-electron chi connectivity index (χ0n) is 11.3. The molecule has 114 valence electrons. The number of hydrogen-bond acceptors (Lipinski definition) is 3. The number of fused-ring (bicyclic) bond motifs is 1. The number of aromatic carboxylic acids is 1. The number of nitrogens with zero attached hydrogens (tertiary/aromatic N) is 1. The van der Waals surface area contributed by atoms with Gasteiger partial charge in [0, 0.05) is 11.9 Å². The third-order valence-electron chi connectivity index (χ3n) is 3.05. The molecule has 1 N–H and O–H groups in total. The van der Waals surface area contributed by atoms with Gasteiger partial charge in [0.05, 0.1) is 6.54 Å². The molecule has 1 heterocycles. The zero-order chi connectivity index (χ0) is 15.6. The Hall–Kier alpha value is -2.02. The summed E-state index contributed by atoms with van der Waals surface area (Å²) in [6, 6.07) is 6.21. The second-order valence-corrected chi connectivity index (χ2v) is 4.71. The third kappa shape index (κ3) is 3.98. The second-order valence-electron chi connectivity index (χ2n) is 4.71. The number of alkyl halides is 3. The smallest absolute Gasteiger partial charge is 0.401 e. The van der Waals surface area contributed by atoms with Gasteiger partial charge in [-0.1, -0.05) is 13.0 Å². The van der Waals surface area contributed by atoms with E-state index in [9.17, 15) is 18.0 Å². The average molecular weight is 301 g/mol. The molecule has 1 aromatic heterocycles. The molecule has 0 atom stereocenters. The highest BCUT2D eigenvalue weighted by molar-refractivity contribution is 5.91. The second kappa shape index (κ2) is 5.77. The molecule has 0 aliphatic heterocycles. The molecule has 0 spiro atoms. The van der Waals surface area contributed by atoms with E-state index in [1.807, 2.05) is 0 Å². The van der Waals surface area contributed by atoms with E-state index in [2.05, 4.69) is 0 Å². The van der Waals surface area contributed by atoms with E-state index >= 15 is 0 Å². The van der Waals surface area contributed by atoms with Crippen molar-refractivity contribution in [2.75, 3.05) is 13.1 Å². The normalized spacial score (nSPS) is 12.2. The van der Waals surface area contributed by atoms with Crippen LogP contribution in [0.3, 0.4) is 0 Å². The molecule has 0 radical (unpaired) electrons. The van der Waals surface area contributed by atoms with Crippen molar-refractivity contribution in [3.05, 3.63) is 35.6 Å². The zero-order valence-corrected chi connectivity index (χ0v) is 11.3. The third-order valence-corrected chi connectivity index (χ3v) is 3.05. The van der Waals surface area contributed by atoms with E-state index in [1.165, 1.54) is 11.0 Å². The van der Waals surface area contributed by atoms with Crippen molar-refractivity contribution in [2.24, 2.45) is 0 Å². The SMILES string of the molecule is CCN(Cc1ccc2oc(C(=O)O)cc2c1)CC(F)(F)F.